The summed E-state index contributed by atoms with van der Waals surface area (Å²) < 4.78 is 5.19. The number of para-hydroxylation sites is 1. The van der Waals surface area contributed by atoms with Crippen LogP contribution in [0.25, 0.3) is 6.08 Å². The van der Waals surface area contributed by atoms with Crippen LogP contribution in [0, 0.1) is 17.2 Å². The fraction of sp³-hybridized carbons (Fsp3) is 0.208. The van der Waals surface area contributed by atoms with Crippen LogP contribution in [0.2, 0.25) is 0 Å². The Hall–Kier alpha value is -3.25. The number of anilines is 1. The molecule has 0 fully saturated rings. The molecular formula is C24H26N2O. The topological polar surface area (TPSA) is 36.3 Å². The lowest BCUT2D eigenvalue weighted by Gasteiger charge is -2.23. The molecule has 0 spiro atoms. The summed E-state index contributed by atoms with van der Waals surface area (Å²) in [6.07, 6.45) is 8.84. The van der Waals surface area contributed by atoms with Gasteiger partial charge in [0.05, 0.1) is 7.11 Å². The minimum atomic E-state index is 0.0945. The van der Waals surface area contributed by atoms with E-state index in [0.717, 1.165) is 30.0 Å². The van der Waals surface area contributed by atoms with E-state index in [-0.39, 0.29) is 5.92 Å². The lowest BCUT2D eigenvalue weighted by molar-refractivity contribution is 0.415. The predicted molar refractivity (Wildman–Crippen MR) is 113 cm³/mol. The van der Waals surface area contributed by atoms with Crippen molar-refractivity contribution in [3.63, 3.8) is 0 Å². The third-order valence-electron chi connectivity index (χ3n) is 4.25. The van der Waals surface area contributed by atoms with Crippen molar-refractivity contribution in [2.24, 2.45) is 5.92 Å². The molecule has 2 aromatic rings. The highest BCUT2D eigenvalue weighted by molar-refractivity contribution is 5.56. The molecule has 0 unspecified atom stereocenters. The minimum Gasteiger partial charge on any atom is -0.497 e. The molecule has 3 nitrogen and oxygen atoms in total. The van der Waals surface area contributed by atoms with Crippen LogP contribution in [0.4, 0.5) is 5.69 Å². The number of nitrogens with zero attached hydrogens (tertiary/aromatic N) is 2. The summed E-state index contributed by atoms with van der Waals surface area (Å²) in [5, 5.41) is 9.73. The average Bonchev–Trinajstić information content (AvgIpc) is 2.73. The van der Waals surface area contributed by atoms with Crippen LogP contribution in [0.5, 0.6) is 5.75 Å². The predicted octanol–water partition coefficient (Wildman–Crippen LogP) is 5.83. The van der Waals surface area contributed by atoms with E-state index in [1.54, 1.807) is 7.11 Å². The molecule has 0 saturated carbocycles. The summed E-state index contributed by atoms with van der Waals surface area (Å²) in [4.78, 5) is 2.03. The van der Waals surface area contributed by atoms with Crippen LogP contribution in [-0.4, -0.2) is 13.7 Å². The maximum Gasteiger partial charge on any atom is 0.118 e. The summed E-state index contributed by atoms with van der Waals surface area (Å²) in [5.41, 5.74) is 2.76. The molecule has 0 radical (unpaired) electrons. The number of hydrogen-bond acceptors (Lipinski definition) is 3. The van der Waals surface area contributed by atoms with Crippen LogP contribution >= 0.6 is 0 Å². The smallest absolute Gasteiger partial charge is 0.118 e. The summed E-state index contributed by atoms with van der Waals surface area (Å²) in [7, 11) is 1.66. The molecule has 27 heavy (non-hydrogen) atoms. The zero-order chi connectivity index (χ0) is 19.5. The number of rotatable bonds is 9. The Bertz CT molecular complexity index is 814. The van der Waals surface area contributed by atoms with Gasteiger partial charge in [-0.2, -0.15) is 5.26 Å². The zero-order valence-electron chi connectivity index (χ0n) is 16.0. The van der Waals surface area contributed by atoms with Crippen LogP contribution in [0.15, 0.2) is 85.1 Å². The van der Waals surface area contributed by atoms with Crippen LogP contribution in [0.3, 0.4) is 0 Å². The number of nitriles is 1. The fourth-order valence-corrected chi connectivity index (χ4v) is 2.83. The Kier molecular flexibility index (Phi) is 7.93. The van der Waals surface area contributed by atoms with Crippen molar-refractivity contribution >= 4 is 11.8 Å². The van der Waals surface area contributed by atoms with Gasteiger partial charge in [-0.05, 0) is 49.2 Å². The molecule has 0 aromatic heterocycles. The maximum absolute atomic E-state index is 9.73. The Morgan fingerprint density at radius 2 is 1.89 bits per heavy atom. The number of allylic oxidation sites excluding steroid dienone is 4. The molecule has 0 heterocycles. The molecular weight excluding hydrogens is 332 g/mol. The van der Waals surface area contributed by atoms with E-state index in [1.165, 1.54) is 0 Å². The van der Waals surface area contributed by atoms with Crippen molar-refractivity contribution in [1.29, 1.82) is 5.26 Å². The van der Waals surface area contributed by atoms with Gasteiger partial charge in [-0.25, -0.2) is 0 Å². The highest BCUT2D eigenvalue weighted by atomic mass is 16.5. The summed E-state index contributed by atoms with van der Waals surface area (Å²) >= 11 is 0. The highest BCUT2D eigenvalue weighted by Gasteiger charge is 2.11. The Morgan fingerprint density at radius 3 is 2.44 bits per heavy atom. The quantitative estimate of drug-likeness (QED) is 0.418. The number of hydrogen-bond donors (Lipinski definition) is 0. The van der Waals surface area contributed by atoms with Crippen molar-refractivity contribution < 1.29 is 4.74 Å². The van der Waals surface area contributed by atoms with Crippen molar-refractivity contribution in [3.8, 4) is 11.8 Å². The largest absolute Gasteiger partial charge is 0.497 e. The summed E-state index contributed by atoms with van der Waals surface area (Å²) in [6, 6.07) is 20.2. The molecule has 0 aliphatic heterocycles. The molecule has 0 amide bonds. The SMILES string of the molecule is C=CC[C@H](/C=C/c1ccc(OC)cc1)/C=C(\C#N)N(CC)c1ccccc1. The Labute approximate surface area is 162 Å². The molecule has 0 N–H and O–H groups in total. The molecule has 3 heteroatoms. The fourth-order valence-electron chi connectivity index (χ4n) is 2.83. The normalized spacial score (nSPS) is 12.4. The number of benzene rings is 2. The van der Waals surface area contributed by atoms with E-state index in [4.69, 9.17) is 4.74 Å². The van der Waals surface area contributed by atoms with Gasteiger partial charge in [0, 0.05) is 18.2 Å². The van der Waals surface area contributed by atoms with Gasteiger partial charge < -0.3 is 9.64 Å². The Morgan fingerprint density at radius 1 is 1.19 bits per heavy atom. The van der Waals surface area contributed by atoms with Crippen molar-refractivity contribution in [3.05, 3.63) is 90.7 Å². The first-order valence-corrected chi connectivity index (χ1v) is 9.09. The van der Waals surface area contributed by atoms with Gasteiger partial charge >= 0.3 is 0 Å². The molecule has 0 saturated heterocycles. The third-order valence-corrected chi connectivity index (χ3v) is 4.25. The number of methoxy groups -OCH3 is 1. The van der Waals surface area contributed by atoms with Gasteiger partial charge in [0.15, 0.2) is 0 Å². The first kappa shape index (κ1) is 20.1. The first-order chi connectivity index (χ1) is 13.2. The minimum absolute atomic E-state index is 0.0945. The molecule has 2 rings (SSSR count). The third kappa shape index (κ3) is 5.90. The van der Waals surface area contributed by atoms with Gasteiger partial charge in [0.1, 0.15) is 17.5 Å². The van der Waals surface area contributed by atoms with Gasteiger partial charge in [-0.15, -0.1) is 6.58 Å². The number of ether oxygens (including phenoxy) is 1. The van der Waals surface area contributed by atoms with E-state index >= 15 is 0 Å². The van der Waals surface area contributed by atoms with Crippen LogP contribution < -0.4 is 9.64 Å². The maximum atomic E-state index is 9.73. The first-order valence-electron chi connectivity index (χ1n) is 9.09. The van der Waals surface area contributed by atoms with Gasteiger partial charge in [0.25, 0.3) is 0 Å². The lowest BCUT2D eigenvalue weighted by atomic mass is 10.0. The van der Waals surface area contributed by atoms with Crippen LogP contribution in [0.1, 0.15) is 18.9 Å². The molecule has 138 valence electrons. The molecule has 0 aliphatic carbocycles. The van der Waals surface area contributed by atoms with Crippen molar-refractivity contribution in [2.45, 2.75) is 13.3 Å². The van der Waals surface area contributed by atoms with Crippen molar-refractivity contribution in [1.82, 2.24) is 0 Å². The monoisotopic (exact) mass is 358 g/mol. The Balaban J connectivity index is 2.25. The van der Waals surface area contributed by atoms with E-state index in [2.05, 4.69) is 24.8 Å². The highest BCUT2D eigenvalue weighted by Crippen LogP contribution is 2.22. The molecule has 0 aliphatic rings. The van der Waals surface area contributed by atoms with Gasteiger partial charge in [-0.1, -0.05) is 48.6 Å². The van der Waals surface area contributed by atoms with E-state index in [9.17, 15) is 5.26 Å². The van der Waals surface area contributed by atoms with E-state index in [0.29, 0.717) is 5.70 Å². The average molecular weight is 358 g/mol. The molecule has 1 atom stereocenters. The summed E-state index contributed by atoms with van der Waals surface area (Å²) in [6.45, 7) is 6.64. The molecule has 2 aromatic carbocycles. The van der Waals surface area contributed by atoms with Gasteiger partial charge in [-0.3, -0.25) is 0 Å². The van der Waals surface area contributed by atoms with Crippen LogP contribution in [-0.2, 0) is 0 Å². The summed E-state index contributed by atoms with van der Waals surface area (Å²) in [5.74, 6) is 0.930. The second-order valence-electron chi connectivity index (χ2n) is 6.06. The second-order valence-corrected chi connectivity index (χ2v) is 6.06. The van der Waals surface area contributed by atoms with Crippen molar-refractivity contribution in [2.75, 3.05) is 18.6 Å². The second kappa shape index (κ2) is 10.7. The molecule has 0 bridgehead atoms. The van der Waals surface area contributed by atoms with E-state index < -0.39 is 0 Å². The standard InChI is InChI=1S/C24H26N2O/c1-4-9-21(13-12-20-14-16-24(27-3)17-15-20)18-23(19-25)26(5-2)22-10-7-6-8-11-22/h4,6-8,10-18,21H,1,5,9H2,2-3H3/b13-12+,23-18+/t21-/m1/s1. The zero-order valence-corrected chi connectivity index (χ0v) is 16.0. The van der Waals surface area contributed by atoms with Gasteiger partial charge in [0.2, 0.25) is 0 Å². The van der Waals surface area contributed by atoms with E-state index in [1.807, 2.05) is 78.6 Å². The lowest BCUT2D eigenvalue weighted by Crippen LogP contribution is -2.21.